The second-order valence-corrected chi connectivity index (χ2v) is 9.72. The normalized spacial score (nSPS) is 11.6. The van der Waals surface area contributed by atoms with Gasteiger partial charge in [-0.15, -0.1) is 0 Å². The molecular formula is C22H30O2Se. The molecule has 2 N–H and O–H groups in total. The van der Waals surface area contributed by atoms with Crippen molar-refractivity contribution in [3.05, 3.63) is 45.5 Å². The number of rotatable bonds is 4. The van der Waals surface area contributed by atoms with E-state index in [9.17, 15) is 10.2 Å². The number of phenols is 2. The molecule has 0 unspecified atom stereocenters. The topological polar surface area (TPSA) is 40.5 Å². The number of hydrogen-bond donors (Lipinski definition) is 2. The Hall–Kier alpha value is -1.44. The van der Waals surface area contributed by atoms with E-state index in [-0.39, 0.29) is 26.8 Å². The van der Waals surface area contributed by atoms with Gasteiger partial charge in [-0.05, 0) is 0 Å². The second-order valence-electron chi connectivity index (χ2n) is 7.58. The van der Waals surface area contributed by atoms with Gasteiger partial charge in [0.25, 0.3) is 0 Å². The van der Waals surface area contributed by atoms with Crippen LogP contribution in [0.2, 0.25) is 0 Å². The molecule has 3 heteroatoms. The molecule has 25 heavy (non-hydrogen) atoms. The number of hydrogen-bond acceptors (Lipinski definition) is 2. The Morgan fingerprint density at radius 3 is 1.28 bits per heavy atom. The summed E-state index contributed by atoms with van der Waals surface area (Å²) in [5.74, 6) is 1.36. The molecule has 0 heterocycles. The molecule has 0 aromatic heterocycles. The molecule has 0 aliphatic rings. The van der Waals surface area contributed by atoms with Gasteiger partial charge in [0.2, 0.25) is 0 Å². The Labute approximate surface area is 158 Å². The fourth-order valence-corrected chi connectivity index (χ4v) is 5.67. The van der Waals surface area contributed by atoms with Crippen molar-refractivity contribution in [3.8, 4) is 11.5 Å². The first-order valence-electron chi connectivity index (χ1n) is 8.90. The van der Waals surface area contributed by atoms with Crippen molar-refractivity contribution < 1.29 is 10.2 Å². The summed E-state index contributed by atoms with van der Waals surface area (Å²) in [6, 6.07) is 4.19. The van der Waals surface area contributed by atoms with Crippen LogP contribution in [0.5, 0.6) is 11.5 Å². The maximum absolute atomic E-state index is 10.9. The third-order valence-corrected chi connectivity index (χ3v) is 7.99. The van der Waals surface area contributed by atoms with E-state index in [4.69, 9.17) is 0 Å². The van der Waals surface area contributed by atoms with Crippen LogP contribution in [-0.4, -0.2) is 25.2 Å². The van der Waals surface area contributed by atoms with Crippen LogP contribution in [0.1, 0.15) is 72.9 Å². The third-order valence-electron chi connectivity index (χ3n) is 5.03. The van der Waals surface area contributed by atoms with Crippen LogP contribution >= 0.6 is 0 Å². The van der Waals surface area contributed by atoms with E-state index >= 15 is 0 Å². The molecule has 0 aliphatic carbocycles. The summed E-state index contributed by atoms with van der Waals surface area (Å²) in [6.45, 7) is 16.8. The van der Waals surface area contributed by atoms with Gasteiger partial charge in [-0.1, -0.05) is 0 Å². The van der Waals surface area contributed by atoms with Gasteiger partial charge in [-0.3, -0.25) is 0 Å². The second kappa shape index (κ2) is 7.43. The van der Waals surface area contributed by atoms with Crippen molar-refractivity contribution in [1.29, 1.82) is 0 Å². The van der Waals surface area contributed by atoms with Crippen molar-refractivity contribution in [1.82, 2.24) is 0 Å². The molecule has 2 nitrogen and oxygen atoms in total. The number of aromatic hydroxyl groups is 2. The number of phenolic OH excluding ortho intramolecular Hbond substituents is 2. The molecule has 0 saturated carbocycles. The van der Waals surface area contributed by atoms with E-state index in [1.54, 1.807) is 0 Å². The Balaban J connectivity index is 2.69. The number of aryl methyl sites for hydroxylation is 2. The van der Waals surface area contributed by atoms with E-state index < -0.39 is 0 Å². The van der Waals surface area contributed by atoms with Gasteiger partial charge in [-0.25, -0.2) is 0 Å². The van der Waals surface area contributed by atoms with E-state index in [1.165, 1.54) is 11.1 Å². The Morgan fingerprint density at radius 1 is 0.680 bits per heavy atom. The minimum absolute atomic E-state index is 0.145. The molecule has 2 rings (SSSR count). The monoisotopic (exact) mass is 406 g/mol. The predicted octanol–water partition coefficient (Wildman–Crippen LogP) is 4.23. The fraction of sp³-hybridized carbons (Fsp3) is 0.455. The van der Waals surface area contributed by atoms with Crippen molar-refractivity contribution in [2.75, 3.05) is 0 Å². The van der Waals surface area contributed by atoms with E-state index in [0.717, 1.165) is 31.2 Å². The number of benzene rings is 2. The predicted molar refractivity (Wildman–Crippen MR) is 108 cm³/mol. The summed E-state index contributed by atoms with van der Waals surface area (Å²) in [5.41, 5.74) is 6.66. The molecule has 0 aliphatic heterocycles. The average Bonchev–Trinajstić information content (AvgIpc) is 2.53. The van der Waals surface area contributed by atoms with Crippen LogP contribution < -0.4 is 8.92 Å². The van der Waals surface area contributed by atoms with Gasteiger partial charge < -0.3 is 0 Å². The Morgan fingerprint density at radius 2 is 1.00 bits per heavy atom. The van der Waals surface area contributed by atoms with Crippen molar-refractivity contribution in [3.63, 3.8) is 0 Å². The molecule has 0 atom stereocenters. The van der Waals surface area contributed by atoms with Crippen molar-refractivity contribution >= 4 is 23.9 Å². The summed E-state index contributed by atoms with van der Waals surface area (Å²) < 4.78 is 1.99. The van der Waals surface area contributed by atoms with Crippen LogP contribution in [0.4, 0.5) is 0 Å². The molecule has 0 fully saturated rings. The first kappa shape index (κ1) is 19.9. The summed E-state index contributed by atoms with van der Waals surface area (Å²) in [7, 11) is 0. The summed E-state index contributed by atoms with van der Waals surface area (Å²) in [6.07, 6.45) is 0. The minimum atomic E-state index is -0.145. The van der Waals surface area contributed by atoms with Crippen LogP contribution in [0.25, 0.3) is 0 Å². The molecule has 2 aromatic rings. The quantitative estimate of drug-likeness (QED) is 0.748. The molecular weight excluding hydrogens is 375 g/mol. The Kier molecular flexibility index (Phi) is 5.91. The molecule has 0 spiro atoms. The van der Waals surface area contributed by atoms with Gasteiger partial charge in [0.05, 0.1) is 0 Å². The summed E-state index contributed by atoms with van der Waals surface area (Å²) in [4.78, 5) is 0. The Bertz CT molecular complexity index is 737. The van der Waals surface area contributed by atoms with Crippen LogP contribution in [0.3, 0.4) is 0 Å². The summed E-state index contributed by atoms with van der Waals surface area (Å²) >= 11 is -0.145. The maximum atomic E-state index is 10.9. The first-order chi connectivity index (χ1) is 11.6. The standard InChI is InChI=1S/C22H30O2Se/c1-11(2)17-9-13(5)15(7)21(19(17)23)25-22-16(8)14(6)10-18(12(3)4)20(22)24/h9-12,23-24H,1-8H3. The van der Waals surface area contributed by atoms with E-state index in [2.05, 4.69) is 67.5 Å². The van der Waals surface area contributed by atoms with Crippen LogP contribution in [0, 0.1) is 27.7 Å². The zero-order valence-corrected chi connectivity index (χ0v) is 18.3. The van der Waals surface area contributed by atoms with Crippen LogP contribution in [0.15, 0.2) is 12.1 Å². The third kappa shape index (κ3) is 3.73. The zero-order valence-electron chi connectivity index (χ0n) is 16.6. The zero-order chi connectivity index (χ0) is 19.0. The van der Waals surface area contributed by atoms with E-state index in [1.807, 2.05) is 0 Å². The fourth-order valence-electron chi connectivity index (χ4n) is 3.03. The molecule has 0 bridgehead atoms. The van der Waals surface area contributed by atoms with Gasteiger partial charge in [-0.2, -0.15) is 0 Å². The molecule has 136 valence electrons. The van der Waals surface area contributed by atoms with Gasteiger partial charge >= 0.3 is 158 Å². The average molecular weight is 405 g/mol. The molecule has 0 amide bonds. The SMILES string of the molecule is Cc1cc(C(C)C)c(O)c([Se]c2c(C)c(C)cc(C(C)C)c2O)c1C. The molecule has 0 saturated heterocycles. The van der Waals surface area contributed by atoms with Crippen molar-refractivity contribution in [2.24, 2.45) is 0 Å². The van der Waals surface area contributed by atoms with E-state index in [0.29, 0.717) is 11.5 Å². The van der Waals surface area contributed by atoms with Crippen LogP contribution in [-0.2, 0) is 0 Å². The van der Waals surface area contributed by atoms with Gasteiger partial charge in [0.15, 0.2) is 0 Å². The van der Waals surface area contributed by atoms with Gasteiger partial charge in [0, 0.05) is 0 Å². The van der Waals surface area contributed by atoms with Crippen molar-refractivity contribution in [2.45, 2.75) is 67.2 Å². The molecule has 2 aromatic carbocycles. The molecule has 0 radical (unpaired) electrons. The summed E-state index contributed by atoms with van der Waals surface area (Å²) in [5, 5.41) is 21.8. The van der Waals surface area contributed by atoms with Gasteiger partial charge in [0.1, 0.15) is 0 Å². The first-order valence-corrected chi connectivity index (χ1v) is 10.6.